The van der Waals surface area contributed by atoms with Gasteiger partial charge >= 0.3 is 0 Å². The fourth-order valence-electron chi connectivity index (χ4n) is 2.14. The number of phenols is 1. The average Bonchev–Trinajstić information content (AvgIpc) is 2.70. The minimum absolute atomic E-state index is 0.355. The van der Waals surface area contributed by atoms with Gasteiger partial charge in [-0.15, -0.1) is 0 Å². The largest absolute Gasteiger partial charge is 0.507 e. The number of hydrogen-bond acceptors (Lipinski definition) is 3. The van der Waals surface area contributed by atoms with Gasteiger partial charge in [0.2, 0.25) is 0 Å². The second kappa shape index (κ2) is 13.5. The summed E-state index contributed by atoms with van der Waals surface area (Å²) >= 11 is 6.65. The summed E-state index contributed by atoms with van der Waals surface area (Å²) in [5.74, 6) is 2.28. The lowest BCUT2D eigenvalue weighted by atomic mass is 10.3. The number of benzene rings is 3. The van der Waals surface area contributed by atoms with E-state index in [0.717, 1.165) is 48.3 Å². The third-order valence-corrected chi connectivity index (χ3v) is 6.27. The highest BCUT2D eigenvalue weighted by molar-refractivity contribution is 14.1. The molecule has 0 bridgehead atoms. The fraction of sp³-hybridized carbons (Fsp3) is 0.182. The summed E-state index contributed by atoms with van der Waals surface area (Å²) in [6.45, 7) is 1.46. The quantitative estimate of drug-likeness (QED) is 0.209. The molecule has 0 radical (unpaired) electrons. The van der Waals surface area contributed by atoms with E-state index in [1.165, 1.54) is 0 Å². The first-order valence-corrected chi connectivity index (χ1v) is 12.0. The van der Waals surface area contributed by atoms with Crippen LogP contribution in [0.1, 0.15) is 12.8 Å². The Hall–Kier alpha value is -0.750. The monoisotopic (exact) mass is 714 g/mol. The summed E-state index contributed by atoms with van der Waals surface area (Å²) in [4.78, 5) is 0. The standard InChI is InChI=1S/C16H16I2O2.C6H5IO/c17-13-7-1-3-9-15(13)19-11-5-6-12-20-16-10-4-2-8-14(16)18;7-5-3-1-2-4-6(5)8/h1-4,7-10H,5-6,11-12H2;1-4,8H. The van der Waals surface area contributed by atoms with Gasteiger partial charge in [-0.05, 0) is 117 Å². The Morgan fingerprint density at radius 2 is 0.964 bits per heavy atom. The summed E-state index contributed by atoms with van der Waals surface area (Å²) in [5, 5.41) is 8.91. The smallest absolute Gasteiger partial charge is 0.132 e. The second-order valence-electron chi connectivity index (χ2n) is 5.72. The van der Waals surface area contributed by atoms with Crippen LogP contribution in [0, 0.1) is 10.7 Å². The molecule has 0 fully saturated rings. The van der Waals surface area contributed by atoms with Gasteiger partial charge < -0.3 is 14.6 Å². The maximum Gasteiger partial charge on any atom is 0.132 e. The second-order valence-corrected chi connectivity index (χ2v) is 9.20. The van der Waals surface area contributed by atoms with Crippen LogP contribution in [0.3, 0.4) is 0 Å². The van der Waals surface area contributed by atoms with Crippen molar-refractivity contribution >= 4 is 67.8 Å². The molecule has 0 heterocycles. The van der Waals surface area contributed by atoms with Crippen LogP contribution in [0.2, 0.25) is 0 Å². The van der Waals surface area contributed by atoms with Gasteiger partial charge in [-0.25, -0.2) is 0 Å². The molecule has 0 unspecified atom stereocenters. The molecule has 0 atom stereocenters. The molecule has 0 saturated carbocycles. The van der Waals surface area contributed by atoms with E-state index >= 15 is 0 Å². The average molecular weight is 714 g/mol. The van der Waals surface area contributed by atoms with Crippen molar-refractivity contribution in [2.45, 2.75) is 12.8 Å². The van der Waals surface area contributed by atoms with Crippen LogP contribution in [0.15, 0.2) is 72.8 Å². The molecule has 1 N–H and O–H groups in total. The Kier molecular flexibility index (Phi) is 11.3. The van der Waals surface area contributed by atoms with Crippen molar-refractivity contribution in [2.24, 2.45) is 0 Å². The number of unbranched alkanes of at least 4 members (excludes halogenated alkanes) is 1. The van der Waals surface area contributed by atoms with E-state index in [9.17, 15) is 0 Å². The third kappa shape index (κ3) is 8.73. The number of ether oxygens (including phenoxy) is 2. The van der Waals surface area contributed by atoms with Gasteiger partial charge in [-0.3, -0.25) is 0 Å². The highest BCUT2D eigenvalue weighted by atomic mass is 127. The number of rotatable bonds is 7. The van der Waals surface area contributed by atoms with Crippen molar-refractivity contribution in [2.75, 3.05) is 13.2 Å². The van der Waals surface area contributed by atoms with Crippen LogP contribution < -0.4 is 9.47 Å². The predicted molar refractivity (Wildman–Crippen MR) is 139 cm³/mol. The van der Waals surface area contributed by atoms with Crippen LogP contribution in [0.4, 0.5) is 0 Å². The van der Waals surface area contributed by atoms with E-state index in [1.54, 1.807) is 12.1 Å². The minimum Gasteiger partial charge on any atom is -0.507 e. The molecule has 3 rings (SSSR count). The van der Waals surface area contributed by atoms with Crippen molar-refractivity contribution in [1.29, 1.82) is 0 Å². The molecule has 148 valence electrons. The van der Waals surface area contributed by atoms with Crippen molar-refractivity contribution in [3.05, 3.63) is 83.5 Å². The Labute approximate surface area is 207 Å². The molecule has 6 heteroatoms. The third-order valence-electron chi connectivity index (χ3n) is 3.58. The van der Waals surface area contributed by atoms with Crippen molar-refractivity contribution < 1.29 is 14.6 Å². The molecule has 3 aromatic rings. The van der Waals surface area contributed by atoms with E-state index in [4.69, 9.17) is 14.6 Å². The number of phenolic OH excluding ortho intramolecular Hbond substituents is 1. The lowest BCUT2D eigenvalue weighted by molar-refractivity contribution is 0.264. The molecule has 0 aliphatic heterocycles. The van der Waals surface area contributed by atoms with Gasteiger partial charge in [0.1, 0.15) is 17.2 Å². The first kappa shape index (κ1) is 23.5. The van der Waals surface area contributed by atoms with Gasteiger partial charge in [-0.2, -0.15) is 0 Å². The highest BCUT2D eigenvalue weighted by Gasteiger charge is 2.00. The fourth-order valence-corrected chi connectivity index (χ4v) is 3.62. The Morgan fingerprint density at radius 3 is 1.32 bits per heavy atom. The lowest BCUT2D eigenvalue weighted by Gasteiger charge is -2.09. The van der Waals surface area contributed by atoms with Crippen molar-refractivity contribution in [3.63, 3.8) is 0 Å². The van der Waals surface area contributed by atoms with Crippen LogP contribution in [-0.2, 0) is 0 Å². The first-order chi connectivity index (χ1) is 13.6. The van der Waals surface area contributed by atoms with E-state index < -0.39 is 0 Å². The number of aromatic hydroxyl groups is 1. The topological polar surface area (TPSA) is 38.7 Å². The highest BCUT2D eigenvalue weighted by Crippen LogP contribution is 2.21. The first-order valence-electron chi connectivity index (χ1n) is 8.76. The maximum absolute atomic E-state index is 8.91. The van der Waals surface area contributed by atoms with E-state index in [0.29, 0.717) is 5.75 Å². The minimum atomic E-state index is 0.355. The molecular formula is C22H21I3O3. The summed E-state index contributed by atoms with van der Waals surface area (Å²) in [5.41, 5.74) is 0. The van der Waals surface area contributed by atoms with Gasteiger partial charge in [0.25, 0.3) is 0 Å². The molecule has 3 aromatic carbocycles. The zero-order chi connectivity index (χ0) is 20.2. The SMILES string of the molecule is Ic1ccccc1OCCCCOc1ccccc1I.Oc1ccccc1I. The molecule has 0 aromatic heterocycles. The number of halogens is 3. The molecule has 0 aliphatic rings. The summed E-state index contributed by atoms with van der Waals surface area (Å²) in [6, 6.07) is 23.4. The zero-order valence-corrected chi connectivity index (χ0v) is 21.6. The Bertz CT molecular complexity index is 785. The van der Waals surface area contributed by atoms with E-state index in [-0.39, 0.29) is 0 Å². The van der Waals surface area contributed by atoms with Crippen LogP contribution in [-0.4, -0.2) is 18.3 Å². The van der Waals surface area contributed by atoms with Gasteiger partial charge in [0.05, 0.1) is 23.9 Å². The molecule has 0 saturated heterocycles. The normalized spacial score (nSPS) is 9.96. The van der Waals surface area contributed by atoms with Crippen molar-refractivity contribution in [1.82, 2.24) is 0 Å². The van der Waals surface area contributed by atoms with Crippen LogP contribution in [0.25, 0.3) is 0 Å². The van der Waals surface area contributed by atoms with Gasteiger partial charge in [-0.1, -0.05) is 36.4 Å². The number of hydrogen-bond donors (Lipinski definition) is 1. The molecule has 0 amide bonds. The summed E-state index contributed by atoms with van der Waals surface area (Å²) < 4.78 is 14.7. The molecule has 0 spiro atoms. The summed E-state index contributed by atoms with van der Waals surface area (Å²) in [7, 11) is 0. The Balaban J connectivity index is 0.000000292. The molecule has 0 aliphatic carbocycles. The van der Waals surface area contributed by atoms with Gasteiger partial charge in [0, 0.05) is 0 Å². The van der Waals surface area contributed by atoms with E-state index in [2.05, 4.69) is 79.9 Å². The molecular weight excluding hydrogens is 693 g/mol. The van der Waals surface area contributed by atoms with Crippen molar-refractivity contribution in [3.8, 4) is 17.2 Å². The van der Waals surface area contributed by atoms with Crippen LogP contribution >= 0.6 is 67.8 Å². The van der Waals surface area contributed by atoms with Gasteiger partial charge in [0.15, 0.2) is 0 Å². The summed E-state index contributed by atoms with van der Waals surface area (Å²) in [6.07, 6.45) is 1.99. The molecule has 3 nitrogen and oxygen atoms in total. The number of para-hydroxylation sites is 3. The van der Waals surface area contributed by atoms with E-state index in [1.807, 2.05) is 48.5 Å². The Morgan fingerprint density at radius 1 is 0.571 bits per heavy atom. The lowest BCUT2D eigenvalue weighted by Crippen LogP contribution is -2.03. The maximum atomic E-state index is 8.91. The van der Waals surface area contributed by atoms with Crippen LogP contribution in [0.5, 0.6) is 17.2 Å². The molecule has 28 heavy (non-hydrogen) atoms. The predicted octanol–water partition coefficient (Wildman–Crippen LogP) is 7.13. The zero-order valence-electron chi connectivity index (χ0n) is 15.2.